The Labute approximate surface area is 92.0 Å². The molecule has 1 fully saturated rings. The highest BCUT2D eigenvalue weighted by Crippen LogP contribution is 2.30. The summed E-state index contributed by atoms with van der Waals surface area (Å²) in [5.41, 5.74) is 0. The zero-order valence-electron chi connectivity index (χ0n) is 7.54. The molecule has 0 spiro atoms. The summed E-state index contributed by atoms with van der Waals surface area (Å²) in [6.45, 7) is 0.348. The number of ether oxygens (including phenoxy) is 1. The van der Waals surface area contributed by atoms with E-state index in [0.717, 1.165) is 0 Å². The number of hydrogen-bond acceptors (Lipinski definition) is 2. The van der Waals surface area contributed by atoms with Gasteiger partial charge in [0.05, 0.1) is 0 Å². The van der Waals surface area contributed by atoms with Crippen molar-refractivity contribution < 1.29 is 14.6 Å². The number of carboxylic acid groups (broad SMARTS) is 1. The Morgan fingerprint density at radius 3 is 2.62 bits per heavy atom. The SMILES string of the molecule is O=C(O)OCC(I)C1CCCCC1. The molecule has 76 valence electrons. The van der Waals surface area contributed by atoms with Crippen LogP contribution in [0.1, 0.15) is 32.1 Å². The van der Waals surface area contributed by atoms with Crippen LogP contribution in [0.5, 0.6) is 0 Å². The van der Waals surface area contributed by atoms with Crippen molar-refractivity contribution in [3.63, 3.8) is 0 Å². The van der Waals surface area contributed by atoms with Gasteiger partial charge in [0.1, 0.15) is 6.61 Å². The summed E-state index contributed by atoms with van der Waals surface area (Å²) in [5, 5.41) is 8.34. The van der Waals surface area contributed by atoms with Crippen LogP contribution in [0.2, 0.25) is 0 Å². The van der Waals surface area contributed by atoms with E-state index >= 15 is 0 Å². The molecule has 1 unspecified atom stereocenters. The lowest BCUT2D eigenvalue weighted by molar-refractivity contribution is 0.0876. The second-order valence-corrected chi connectivity index (χ2v) is 5.09. The average molecular weight is 298 g/mol. The lowest BCUT2D eigenvalue weighted by atomic mass is 9.87. The molecule has 3 nitrogen and oxygen atoms in total. The van der Waals surface area contributed by atoms with Crippen LogP contribution in [0.4, 0.5) is 4.79 Å². The topological polar surface area (TPSA) is 46.5 Å². The predicted molar refractivity (Wildman–Crippen MR) is 58.4 cm³/mol. The van der Waals surface area contributed by atoms with Crippen molar-refractivity contribution in [2.45, 2.75) is 36.0 Å². The van der Waals surface area contributed by atoms with Crippen LogP contribution in [0.25, 0.3) is 0 Å². The van der Waals surface area contributed by atoms with Crippen LogP contribution < -0.4 is 0 Å². The fourth-order valence-corrected chi connectivity index (χ4v) is 2.68. The van der Waals surface area contributed by atoms with E-state index in [-0.39, 0.29) is 0 Å². The zero-order valence-corrected chi connectivity index (χ0v) is 9.70. The van der Waals surface area contributed by atoms with Crippen molar-refractivity contribution in [2.75, 3.05) is 6.61 Å². The third kappa shape index (κ3) is 4.15. The minimum absolute atomic E-state index is 0.348. The quantitative estimate of drug-likeness (QED) is 0.495. The first-order valence-electron chi connectivity index (χ1n) is 4.70. The maximum atomic E-state index is 10.2. The van der Waals surface area contributed by atoms with E-state index in [1.54, 1.807) is 0 Å². The smallest absolute Gasteiger partial charge is 0.450 e. The van der Waals surface area contributed by atoms with Gasteiger partial charge in [-0.25, -0.2) is 4.79 Å². The first kappa shape index (κ1) is 11.1. The Morgan fingerprint density at radius 2 is 2.08 bits per heavy atom. The van der Waals surface area contributed by atoms with Gasteiger partial charge in [-0.05, 0) is 18.8 Å². The summed E-state index contributed by atoms with van der Waals surface area (Å²) in [5.74, 6) is 0.661. The van der Waals surface area contributed by atoms with E-state index in [2.05, 4.69) is 27.3 Å². The monoisotopic (exact) mass is 298 g/mol. The van der Waals surface area contributed by atoms with Gasteiger partial charge in [-0.3, -0.25) is 0 Å². The third-order valence-corrected chi connectivity index (χ3v) is 3.90. The summed E-state index contributed by atoms with van der Waals surface area (Å²) in [7, 11) is 0. The van der Waals surface area contributed by atoms with Gasteiger partial charge in [-0.15, -0.1) is 0 Å². The fraction of sp³-hybridized carbons (Fsp3) is 0.889. The predicted octanol–water partition coefficient (Wildman–Crippen LogP) is 3.06. The normalized spacial score (nSPS) is 21.0. The molecule has 1 aliphatic rings. The number of hydrogen-bond donors (Lipinski definition) is 1. The van der Waals surface area contributed by atoms with Crippen LogP contribution in [0, 0.1) is 5.92 Å². The third-order valence-electron chi connectivity index (χ3n) is 2.53. The van der Waals surface area contributed by atoms with Crippen molar-refractivity contribution >= 4 is 28.7 Å². The summed E-state index contributed by atoms with van der Waals surface area (Å²) >= 11 is 2.31. The first-order valence-corrected chi connectivity index (χ1v) is 5.94. The molecule has 0 aromatic heterocycles. The maximum Gasteiger partial charge on any atom is 0.505 e. The van der Waals surface area contributed by atoms with Gasteiger partial charge in [0.15, 0.2) is 0 Å². The van der Waals surface area contributed by atoms with Gasteiger partial charge in [0.25, 0.3) is 0 Å². The molecule has 0 aromatic rings. The summed E-state index contributed by atoms with van der Waals surface area (Å²) in [6.07, 6.45) is 5.22. The van der Waals surface area contributed by atoms with Gasteiger partial charge in [0.2, 0.25) is 0 Å². The minimum Gasteiger partial charge on any atom is -0.450 e. The van der Waals surface area contributed by atoms with Crippen LogP contribution in [0.3, 0.4) is 0 Å². The van der Waals surface area contributed by atoms with E-state index in [1.807, 2.05) is 0 Å². The molecule has 0 amide bonds. The molecule has 0 saturated heterocycles. The number of halogens is 1. The molecule has 1 aliphatic carbocycles. The van der Waals surface area contributed by atoms with Gasteiger partial charge in [0, 0.05) is 3.92 Å². The molecule has 0 bridgehead atoms. The van der Waals surface area contributed by atoms with E-state index in [9.17, 15) is 4.79 Å². The largest absolute Gasteiger partial charge is 0.505 e. The van der Waals surface area contributed by atoms with Crippen LogP contribution >= 0.6 is 22.6 Å². The number of carbonyl (C=O) groups is 1. The molecule has 1 atom stereocenters. The molecule has 0 heterocycles. The van der Waals surface area contributed by atoms with Crippen LogP contribution in [-0.4, -0.2) is 21.8 Å². The molecule has 0 aromatic carbocycles. The highest BCUT2D eigenvalue weighted by atomic mass is 127. The van der Waals surface area contributed by atoms with Crippen molar-refractivity contribution in [3.8, 4) is 0 Å². The molecule has 1 saturated carbocycles. The van der Waals surface area contributed by atoms with E-state index in [4.69, 9.17) is 5.11 Å². The average Bonchev–Trinajstić information content (AvgIpc) is 2.15. The molecule has 4 heteroatoms. The minimum atomic E-state index is -1.16. The first-order chi connectivity index (χ1) is 6.20. The number of alkyl halides is 1. The van der Waals surface area contributed by atoms with Crippen molar-refractivity contribution in [3.05, 3.63) is 0 Å². The van der Waals surface area contributed by atoms with Gasteiger partial charge in [-0.2, -0.15) is 0 Å². The van der Waals surface area contributed by atoms with E-state index < -0.39 is 6.16 Å². The number of rotatable bonds is 3. The van der Waals surface area contributed by atoms with Crippen molar-refractivity contribution in [2.24, 2.45) is 5.92 Å². The lowest BCUT2D eigenvalue weighted by Crippen LogP contribution is -2.23. The zero-order chi connectivity index (χ0) is 9.68. The standard InChI is InChI=1S/C9H15IO3/c10-8(6-13-9(11)12)7-4-2-1-3-5-7/h7-8H,1-6H2,(H,11,12). The molecule has 1 N–H and O–H groups in total. The Bertz CT molecular complexity index is 166. The van der Waals surface area contributed by atoms with Crippen molar-refractivity contribution in [1.29, 1.82) is 0 Å². The molecule has 0 radical (unpaired) electrons. The maximum absolute atomic E-state index is 10.2. The Hall–Kier alpha value is 0. The Morgan fingerprint density at radius 1 is 1.46 bits per heavy atom. The highest BCUT2D eigenvalue weighted by molar-refractivity contribution is 14.1. The van der Waals surface area contributed by atoms with Gasteiger partial charge < -0.3 is 9.84 Å². The van der Waals surface area contributed by atoms with Crippen LogP contribution in [-0.2, 0) is 4.74 Å². The molecular weight excluding hydrogens is 283 g/mol. The van der Waals surface area contributed by atoms with E-state index in [1.165, 1.54) is 32.1 Å². The highest BCUT2D eigenvalue weighted by Gasteiger charge is 2.22. The molecule has 0 aliphatic heterocycles. The fourth-order valence-electron chi connectivity index (χ4n) is 1.78. The van der Waals surface area contributed by atoms with Crippen molar-refractivity contribution in [1.82, 2.24) is 0 Å². The Kier molecular flexibility index (Phi) is 4.83. The lowest BCUT2D eigenvalue weighted by Gasteiger charge is -2.25. The summed E-state index contributed by atoms with van der Waals surface area (Å²) in [6, 6.07) is 0. The van der Waals surface area contributed by atoms with Gasteiger partial charge in [-0.1, -0.05) is 41.9 Å². The molecule has 1 rings (SSSR count). The Balaban J connectivity index is 2.20. The molecule has 13 heavy (non-hydrogen) atoms. The molecular formula is C9H15IO3. The second-order valence-electron chi connectivity index (χ2n) is 3.49. The van der Waals surface area contributed by atoms with Gasteiger partial charge >= 0.3 is 6.16 Å². The summed E-state index contributed by atoms with van der Waals surface area (Å²) in [4.78, 5) is 10.2. The summed E-state index contributed by atoms with van der Waals surface area (Å²) < 4.78 is 4.92. The van der Waals surface area contributed by atoms with Crippen LogP contribution in [0.15, 0.2) is 0 Å². The second kappa shape index (κ2) is 5.67. The van der Waals surface area contributed by atoms with E-state index in [0.29, 0.717) is 16.4 Å².